The summed E-state index contributed by atoms with van der Waals surface area (Å²) >= 11 is 4.20. The maximum Gasteiger partial charge on any atom is 0.260 e. The lowest BCUT2D eigenvalue weighted by Crippen LogP contribution is -2.30. The van der Waals surface area contributed by atoms with Crippen molar-refractivity contribution in [3.05, 3.63) is 51.3 Å². The first-order valence-electron chi connectivity index (χ1n) is 9.47. The van der Waals surface area contributed by atoms with Crippen LogP contribution in [0.25, 0.3) is 11.3 Å². The molecule has 0 radical (unpaired) electrons. The molecule has 0 aromatic carbocycles. The maximum absolute atomic E-state index is 13.3. The highest BCUT2D eigenvalue weighted by molar-refractivity contribution is 7.78. The lowest BCUT2D eigenvalue weighted by molar-refractivity contribution is 0.185. The fourth-order valence-corrected chi connectivity index (χ4v) is 3.70. The van der Waals surface area contributed by atoms with Crippen molar-refractivity contribution in [2.75, 3.05) is 13.2 Å². The minimum absolute atomic E-state index is 0.0253. The Balaban J connectivity index is 2.22. The Hall–Kier alpha value is -2.32. The van der Waals surface area contributed by atoms with E-state index in [1.807, 2.05) is 31.4 Å². The molecule has 7 nitrogen and oxygen atoms in total. The highest BCUT2D eigenvalue weighted by Gasteiger charge is 2.24. The molecule has 150 valence electrons. The number of nitrogens with one attached hydrogen (secondary N) is 2. The number of pyridine rings is 1. The largest absolute Gasteiger partial charge is 0.379 e. The average Bonchev–Trinajstić information content (AvgIpc) is 3.39. The third-order valence-electron chi connectivity index (χ3n) is 5.26. The first-order valence-corrected chi connectivity index (χ1v) is 9.91. The summed E-state index contributed by atoms with van der Waals surface area (Å²) < 4.78 is 10.3. The molecule has 2 aromatic rings. The second kappa shape index (κ2) is 8.79. The van der Waals surface area contributed by atoms with Crippen LogP contribution in [0, 0.1) is 6.92 Å². The number of rotatable bonds is 6. The molecule has 1 unspecified atom stereocenters. The van der Waals surface area contributed by atoms with E-state index in [1.165, 1.54) is 0 Å². The molecule has 0 amide bonds. The van der Waals surface area contributed by atoms with Crippen molar-refractivity contribution >= 4 is 18.5 Å². The van der Waals surface area contributed by atoms with Gasteiger partial charge >= 0.3 is 0 Å². The zero-order valence-electron chi connectivity index (χ0n) is 16.7. The van der Waals surface area contributed by atoms with Crippen LogP contribution in [0.15, 0.2) is 39.5 Å². The Morgan fingerprint density at radius 3 is 2.86 bits per heavy atom. The topological polar surface area (TPSA) is 84.3 Å². The third-order valence-corrected chi connectivity index (χ3v) is 5.47. The van der Waals surface area contributed by atoms with E-state index in [4.69, 9.17) is 9.73 Å². The zero-order chi connectivity index (χ0) is 20.3. The van der Waals surface area contributed by atoms with Gasteiger partial charge in [0.25, 0.3) is 5.56 Å². The van der Waals surface area contributed by atoms with Gasteiger partial charge in [-0.25, -0.2) is 4.99 Å². The number of H-pyrrole nitrogens is 1. The Morgan fingerprint density at radius 2 is 2.29 bits per heavy atom. The fourth-order valence-electron chi connectivity index (χ4n) is 3.46. The molecule has 3 heterocycles. The smallest absolute Gasteiger partial charge is 0.260 e. The number of nitrogens with zero attached hydrogens (tertiary/aromatic N) is 3. The Morgan fingerprint density at radius 1 is 1.50 bits per heavy atom. The van der Waals surface area contributed by atoms with Crippen LogP contribution in [0.5, 0.6) is 0 Å². The minimum Gasteiger partial charge on any atom is -0.379 e. The summed E-state index contributed by atoms with van der Waals surface area (Å²) in [5, 5.41) is 6.91. The first kappa shape index (κ1) is 20.4. The summed E-state index contributed by atoms with van der Waals surface area (Å²) in [4.78, 5) is 18.0. The lowest BCUT2D eigenvalue weighted by atomic mass is 10.0. The van der Waals surface area contributed by atoms with Gasteiger partial charge in [0, 0.05) is 29.8 Å². The monoisotopic (exact) mass is 401 g/mol. The van der Waals surface area contributed by atoms with Crippen LogP contribution in [0.2, 0.25) is 0 Å². The van der Waals surface area contributed by atoms with Crippen LogP contribution in [0.4, 0.5) is 0 Å². The number of allylic oxidation sites excluding steroid dienone is 1. The second-order valence-corrected chi connectivity index (χ2v) is 7.24. The number of aromatic amines is 1. The van der Waals surface area contributed by atoms with Gasteiger partial charge in [-0.1, -0.05) is 19.7 Å². The Bertz CT molecular complexity index is 954. The van der Waals surface area contributed by atoms with E-state index in [0.717, 1.165) is 41.2 Å². The maximum atomic E-state index is 13.3. The molecule has 0 saturated carbocycles. The number of hydrogen-bond acceptors (Lipinski definition) is 6. The van der Waals surface area contributed by atoms with Gasteiger partial charge in [-0.2, -0.15) is 5.10 Å². The van der Waals surface area contributed by atoms with Crippen LogP contribution in [0.3, 0.4) is 0 Å². The van der Waals surface area contributed by atoms with Crippen molar-refractivity contribution < 1.29 is 4.74 Å². The van der Waals surface area contributed by atoms with Gasteiger partial charge in [0.05, 0.1) is 23.9 Å². The molecule has 0 spiro atoms. The molecule has 3 rings (SSSR count). The summed E-state index contributed by atoms with van der Waals surface area (Å²) in [6, 6.07) is 3.73. The number of ether oxygens (including phenoxy) is 1. The van der Waals surface area contributed by atoms with E-state index in [9.17, 15) is 4.79 Å². The summed E-state index contributed by atoms with van der Waals surface area (Å²) in [6.07, 6.45) is 3.34. The van der Waals surface area contributed by atoms with E-state index < -0.39 is 0 Å². The van der Waals surface area contributed by atoms with Gasteiger partial charge in [-0.15, -0.1) is 0 Å². The van der Waals surface area contributed by atoms with Crippen molar-refractivity contribution in [3.63, 3.8) is 0 Å². The molecule has 28 heavy (non-hydrogen) atoms. The van der Waals surface area contributed by atoms with Crippen molar-refractivity contribution in [1.29, 1.82) is 0 Å². The molecule has 1 aliphatic rings. The fraction of sp³-hybridized carbons (Fsp3) is 0.450. The molecule has 8 heteroatoms. The summed E-state index contributed by atoms with van der Waals surface area (Å²) in [6.45, 7) is 9.23. The van der Waals surface area contributed by atoms with Crippen LogP contribution < -0.4 is 10.3 Å². The van der Waals surface area contributed by atoms with Crippen LogP contribution in [0.1, 0.15) is 50.9 Å². The van der Waals surface area contributed by atoms with Crippen molar-refractivity contribution in [3.8, 4) is 11.3 Å². The van der Waals surface area contributed by atoms with Crippen molar-refractivity contribution in [1.82, 2.24) is 19.5 Å². The molecule has 2 aromatic heterocycles. The van der Waals surface area contributed by atoms with Gasteiger partial charge in [-0.3, -0.25) is 9.89 Å². The number of aromatic nitrogens is 3. The molecule has 2 N–H and O–H groups in total. The van der Waals surface area contributed by atoms with Crippen LogP contribution in [-0.2, 0) is 4.74 Å². The normalized spacial score (nSPS) is 18.3. The minimum atomic E-state index is -0.0402. The average molecular weight is 402 g/mol. The van der Waals surface area contributed by atoms with E-state index in [-0.39, 0.29) is 11.6 Å². The van der Waals surface area contributed by atoms with Gasteiger partial charge < -0.3 is 14.0 Å². The molecule has 0 aliphatic carbocycles. The standard InChI is InChI=1S/C20H27N5O2S/c1-5-12(2)19(24-28)22-13(3)16-10-17(18-6-8-21-23-18)20(26)25(14(16)4)15-7-9-27-11-15/h6,8,10,15,24,28H,5,7,9,11H2,1-4H3,(H,21,23)/b19-12?,22-13-. The molecule has 1 saturated heterocycles. The third kappa shape index (κ3) is 3.93. The first-order chi connectivity index (χ1) is 13.5. The Labute approximate surface area is 170 Å². The van der Waals surface area contributed by atoms with E-state index >= 15 is 0 Å². The van der Waals surface area contributed by atoms with Gasteiger partial charge in [0.2, 0.25) is 0 Å². The summed E-state index contributed by atoms with van der Waals surface area (Å²) in [7, 11) is 0. The highest BCUT2D eigenvalue weighted by atomic mass is 32.1. The number of thiol groups is 1. The van der Waals surface area contributed by atoms with E-state index in [0.29, 0.717) is 24.5 Å². The summed E-state index contributed by atoms with van der Waals surface area (Å²) in [5.74, 6) is 0.729. The van der Waals surface area contributed by atoms with Gasteiger partial charge in [0.15, 0.2) is 0 Å². The highest BCUT2D eigenvalue weighted by Crippen LogP contribution is 2.24. The van der Waals surface area contributed by atoms with Crippen LogP contribution in [-0.4, -0.2) is 33.7 Å². The van der Waals surface area contributed by atoms with Gasteiger partial charge in [-0.05, 0) is 51.3 Å². The molecule has 1 fully saturated rings. The summed E-state index contributed by atoms with van der Waals surface area (Å²) in [5.41, 5.74) is 4.96. The predicted octanol–water partition coefficient (Wildman–Crippen LogP) is 3.39. The van der Waals surface area contributed by atoms with Crippen LogP contribution >= 0.6 is 12.8 Å². The van der Waals surface area contributed by atoms with Crippen molar-refractivity contribution in [2.45, 2.75) is 46.6 Å². The predicted molar refractivity (Wildman–Crippen MR) is 115 cm³/mol. The lowest BCUT2D eigenvalue weighted by Gasteiger charge is -2.20. The molecule has 1 aliphatic heterocycles. The molecular weight excluding hydrogens is 374 g/mol. The molecule has 1 atom stereocenters. The number of aliphatic imine (C=N–C) groups is 1. The van der Waals surface area contributed by atoms with E-state index in [1.54, 1.807) is 12.3 Å². The zero-order valence-corrected chi connectivity index (χ0v) is 17.6. The van der Waals surface area contributed by atoms with E-state index in [2.05, 4.69) is 34.7 Å². The van der Waals surface area contributed by atoms with Crippen molar-refractivity contribution in [2.24, 2.45) is 4.99 Å². The second-order valence-electron chi connectivity index (χ2n) is 7.01. The quantitative estimate of drug-likeness (QED) is 0.512. The SMILES string of the molecule is CCC(C)=C(/N=C(/C)c1cc(-c2ccn[nH]2)c(=O)n(C2CCOC2)c1C)NS. The molecular formula is C20H27N5O2S. The Kier molecular flexibility index (Phi) is 6.41. The number of hydrogen-bond donors (Lipinski definition) is 3. The van der Waals surface area contributed by atoms with Gasteiger partial charge in [0.1, 0.15) is 5.82 Å². The molecule has 0 bridgehead atoms.